The number of nitrogens with one attached hydrogen (secondary N) is 2. The van der Waals surface area contributed by atoms with E-state index in [1.54, 1.807) is 20.9 Å². The SMILES string of the molecule is CNC(=O)NCc1ccccc1-c1ccc(CN(C(=O)CC(C)(C)N)[C@@H](C=O)COCc2c(F)cccc2F)cc1. The van der Waals surface area contributed by atoms with Crippen LogP contribution >= 0.6 is 0 Å². The number of halogens is 2. The highest BCUT2D eigenvalue weighted by Crippen LogP contribution is 2.25. The lowest BCUT2D eigenvalue weighted by atomic mass is 9.98. The van der Waals surface area contributed by atoms with Crippen molar-refractivity contribution in [3.63, 3.8) is 0 Å². The summed E-state index contributed by atoms with van der Waals surface area (Å²) in [6.45, 7) is 3.21. The fourth-order valence-corrected chi connectivity index (χ4v) is 4.24. The first-order valence-corrected chi connectivity index (χ1v) is 13.2. The zero-order valence-electron chi connectivity index (χ0n) is 23.5. The lowest BCUT2D eigenvalue weighted by molar-refractivity contribution is -0.140. The molecule has 0 aromatic heterocycles. The summed E-state index contributed by atoms with van der Waals surface area (Å²) in [5.74, 6) is -1.86. The van der Waals surface area contributed by atoms with Crippen molar-refractivity contribution in [2.24, 2.45) is 5.73 Å². The number of rotatable bonds is 13. The summed E-state index contributed by atoms with van der Waals surface area (Å²) < 4.78 is 33.5. The Labute approximate surface area is 238 Å². The number of carbonyl (C=O) groups is 3. The summed E-state index contributed by atoms with van der Waals surface area (Å²) in [6, 6.07) is 17.4. The third-order valence-corrected chi connectivity index (χ3v) is 6.38. The van der Waals surface area contributed by atoms with Crippen LogP contribution in [0.25, 0.3) is 11.1 Å². The van der Waals surface area contributed by atoms with E-state index >= 15 is 0 Å². The predicted octanol–water partition coefficient (Wildman–Crippen LogP) is 4.30. The number of hydrogen-bond acceptors (Lipinski definition) is 5. The minimum absolute atomic E-state index is 0.0247. The van der Waals surface area contributed by atoms with Gasteiger partial charge in [0, 0.05) is 37.7 Å². The highest BCUT2D eigenvalue weighted by Gasteiger charge is 2.28. The van der Waals surface area contributed by atoms with Gasteiger partial charge in [0.05, 0.1) is 13.2 Å². The summed E-state index contributed by atoms with van der Waals surface area (Å²) in [7, 11) is 1.55. The van der Waals surface area contributed by atoms with Crippen molar-refractivity contribution in [3.8, 4) is 11.1 Å². The quantitative estimate of drug-likeness (QED) is 0.267. The molecule has 0 aliphatic rings. The molecule has 0 aliphatic carbocycles. The lowest BCUT2D eigenvalue weighted by Gasteiger charge is -2.31. The molecule has 3 aromatic carbocycles. The third kappa shape index (κ3) is 9.19. The molecule has 3 amide bonds. The van der Waals surface area contributed by atoms with Crippen LogP contribution in [0.4, 0.5) is 13.6 Å². The van der Waals surface area contributed by atoms with E-state index in [9.17, 15) is 23.2 Å². The normalized spacial score (nSPS) is 12.0. The van der Waals surface area contributed by atoms with Crippen molar-refractivity contribution >= 4 is 18.2 Å². The first-order chi connectivity index (χ1) is 19.5. The maximum atomic E-state index is 14.0. The van der Waals surface area contributed by atoms with Gasteiger partial charge in [-0.1, -0.05) is 54.6 Å². The fourth-order valence-electron chi connectivity index (χ4n) is 4.24. The Hall–Kier alpha value is -4.15. The average Bonchev–Trinajstić information content (AvgIpc) is 2.94. The number of urea groups is 1. The molecule has 41 heavy (non-hydrogen) atoms. The number of carbonyl (C=O) groups excluding carboxylic acids is 3. The average molecular weight is 567 g/mol. The van der Waals surface area contributed by atoms with Gasteiger partial charge in [0.15, 0.2) is 0 Å². The number of ether oxygens (including phenoxy) is 1. The molecule has 0 saturated heterocycles. The first kappa shape index (κ1) is 31.4. The highest BCUT2D eigenvalue weighted by molar-refractivity contribution is 5.81. The maximum Gasteiger partial charge on any atom is 0.314 e. The van der Waals surface area contributed by atoms with Crippen LogP contribution in [0.3, 0.4) is 0 Å². The number of hydrogen-bond donors (Lipinski definition) is 3. The monoisotopic (exact) mass is 566 g/mol. The summed E-state index contributed by atoms with van der Waals surface area (Å²) >= 11 is 0. The molecule has 3 rings (SSSR count). The Morgan fingerprint density at radius 1 is 1.02 bits per heavy atom. The van der Waals surface area contributed by atoms with Gasteiger partial charge >= 0.3 is 6.03 Å². The molecule has 0 aliphatic heterocycles. The van der Waals surface area contributed by atoms with E-state index in [2.05, 4.69) is 10.6 Å². The highest BCUT2D eigenvalue weighted by atomic mass is 19.1. The zero-order valence-corrected chi connectivity index (χ0v) is 23.5. The van der Waals surface area contributed by atoms with Crippen LogP contribution in [0, 0.1) is 11.6 Å². The molecule has 8 nitrogen and oxygen atoms in total. The number of nitrogens with two attached hydrogens (primary N) is 1. The Kier molecular flexibility index (Phi) is 11.1. The molecule has 0 fully saturated rings. The summed E-state index contributed by atoms with van der Waals surface area (Å²) in [5, 5.41) is 5.31. The van der Waals surface area contributed by atoms with Gasteiger partial charge in [-0.15, -0.1) is 0 Å². The number of aldehydes is 1. The minimum Gasteiger partial charge on any atom is -0.374 e. The second-order valence-electron chi connectivity index (χ2n) is 10.4. The second kappa shape index (κ2) is 14.5. The number of benzene rings is 3. The Bertz CT molecular complexity index is 1320. The van der Waals surface area contributed by atoms with Crippen LogP contribution < -0.4 is 16.4 Å². The van der Waals surface area contributed by atoms with Crippen molar-refractivity contribution in [1.29, 1.82) is 0 Å². The van der Waals surface area contributed by atoms with Crippen LogP contribution in [0.2, 0.25) is 0 Å². The number of nitrogens with zero attached hydrogens (tertiary/aromatic N) is 1. The van der Waals surface area contributed by atoms with Crippen LogP contribution in [-0.4, -0.2) is 48.4 Å². The fraction of sp³-hybridized carbons (Fsp3) is 0.323. The first-order valence-electron chi connectivity index (χ1n) is 13.2. The van der Waals surface area contributed by atoms with Crippen molar-refractivity contribution in [2.75, 3.05) is 13.7 Å². The maximum absolute atomic E-state index is 14.0. The van der Waals surface area contributed by atoms with Crippen LogP contribution in [0.15, 0.2) is 66.7 Å². The molecule has 1 atom stereocenters. The molecule has 0 saturated carbocycles. The van der Waals surface area contributed by atoms with E-state index < -0.39 is 29.8 Å². The smallest absolute Gasteiger partial charge is 0.314 e. The molecule has 0 bridgehead atoms. The Morgan fingerprint density at radius 3 is 2.29 bits per heavy atom. The van der Waals surface area contributed by atoms with Crippen LogP contribution in [0.1, 0.15) is 37.0 Å². The molecule has 10 heteroatoms. The summed E-state index contributed by atoms with van der Waals surface area (Å²) in [6.07, 6.45) is 0.562. The van der Waals surface area contributed by atoms with Gasteiger partial charge in [0.1, 0.15) is 24.0 Å². The van der Waals surface area contributed by atoms with Gasteiger partial charge in [-0.05, 0) is 48.2 Å². The molecule has 0 radical (unpaired) electrons. The lowest BCUT2D eigenvalue weighted by Crippen LogP contribution is -2.47. The van der Waals surface area contributed by atoms with Gasteiger partial charge in [-0.2, -0.15) is 0 Å². The molecule has 4 N–H and O–H groups in total. The molecule has 218 valence electrons. The topological polar surface area (TPSA) is 114 Å². The van der Waals surface area contributed by atoms with Crippen molar-refractivity contribution in [3.05, 3.63) is 95.1 Å². The Balaban J connectivity index is 1.78. The molecule has 0 spiro atoms. The van der Waals surface area contributed by atoms with E-state index in [0.717, 1.165) is 34.4 Å². The summed E-state index contributed by atoms with van der Waals surface area (Å²) in [4.78, 5) is 38.4. The molecule has 0 unspecified atom stereocenters. The standard InChI is InChI=1S/C31H36F2N4O4/c1-31(2,34)15-29(39)37(24(18-38)19-41-20-26-27(32)9-6-10-28(26)33)17-21-11-13-22(14-12-21)25-8-5-4-7-23(25)16-36-30(40)35-3/h4-14,18,24H,15-17,19-20,34H2,1-3H3,(H2,35,36,40)/t24-/m0/s1. The Morgan fingerprint density at radius 2 is 1.68 bits per heavy atom. The minimum atomic E-state index is -1.00. The van der Waals surface area contributed by atoms with Crippen LogP contribution in [0.5, 0.6) is 0 Å². The molecular weight excluding hydrogens is 530 g/mol. The van der Waals surface area contributed by atoms with Gasteiger partial charge in [-0.25, -0.2) is 13.6 Å². The van der Waals surface area contributed by atoms with Gasteiger partial charge < -0.3 is 30.8 Å². The second-order valence-corrected chi connectivity index (χ2v) is 10.4. The van der Waals surface area contributed by atoms with Gasteiger partial charge in [0.25, 0.3) is 0 Å². The van der Waals surface area contributed by atoms with E-state index in [1.807, 2.05) is 48.5 Å². The van der Waals surface area contributed by atoms with E-state index in [-0.39, 0.29) is 37.1 Å². The summed E-state index contributed by atoms with van der Waals surface area (Å²) in [5.41, 5.74) is 8.54. The van der Waals surface area contributed by atoms with Crippen molar-refractivity contribution < 1.29 is 27.9 Å². The van der Waals surface area contributed by atoms with E-state index in [4.69, 9.17) is 10.5 Å². The molecule has 0 heterocycles. The van der Waals surface area contributed by atoms with Crippen molar-refractivity contribution in [1.82, 2.24) is 15.5 Å². The van der Waals surface area contributed by atoms with E-state index in [1.165, 1.54) is 11.0 Å². The van der Waals surface area contributed by atoms with E-state index in [0.29, 0.717) is 12.8 Å². The zero-order chi connectivity index (χ0) is 30.0. The predicted molar refractivity (Wildman–Crippen MR) is 152 cm³/mol. The van der Waals surface area contributed by atoms with Crippen molar-refractivity contribution in [2.45, 2.75) is 51.5 Å². The largest absolute Gasteiger partial charge is 0.374 e. The third-order valence-electron chi connectivity index (χ3n) is 6.38. The molecular formula is C31H36F2N4O4. The molecule has 3 aromatic rings. The number of amides is 3. The van der Waals surface area contributed by atoms with Gasteiger partial charge in [-0.3, -0.25) is 4.79 Å². The van der Waals surface area contributed by atoms with Crippen LogP contribution in [-0.2, 0) is 34.0 Å². The van der Waals surface area contributed by atoms with Gasteiger partial charge in [0.2, 0.25) is 5.91 Å².